The third-order valence-corrected chi connectivity index (χ3v) is 16.1. The lowest BCUT2D eigenvalue weighted by molar-refractivity contribution is -0.152. The van der Waals surface area contributed by atoms with Gasteiger partial charge in [-0.25, -0.2) is 57.5 Å². The molecule has 10 rings (SSSR count). The summed E-state index contributed by atoms with van der Waals surface area (Å²) in [5.41, 5.74) is 6.54. The molecule has 2 saturated carbocycles. The number of nitrogens with one attached hydrogen (secondary N) is 2. The molecule has 0 spiro atoms. The van der Waals surface area contributed by atoms with Crippen molar-refractivity contribution in [1.29, 1.82) is 0 Å². The van der Waals surface area contributed by atoms with Gasteiger partial charge in [0.15, 0.2) is 71.4 Å². The van der Waals surface area contributed by atoms with E-state index in [1.54, 1.807) is 0 Å². The number of imidazole rings is 2. The second-order valence-electron chi connectivity index (χ2n) is 19.9. The van der Waals surface area contributed by atoms with Crippen molar-refractivity contribution in [2.75, 3.05) is 76.9 Å². The van der Waals surface area contributed by atoms with Gasteiger partial charge in [0, 0.05) is 53.0 Å². The molecule has 2 aliphatic carbocycles. The summed E-state index contributed by atoms with van der Waals surface area (Å²) in [4.78, 5) is 93.6. The molecule has 1 amide bonds. The quantitative estimate of drug-likeness (QED) is 0.0457. The first kappa shape index (κ1) is 61.6. The Balaban J connectivity index is 0.000000162. The molecule has 4 aliphatic heterocycles. The Morgan fingerprint density at radius 2 is 1.21 bits per heavy atom. The smallest absolute Gasteiger partial charge is 0.456 e. The average Bonchev–Trinajstić information content (AvgIpc) is 3.98. The number of nitrogens with zero attached hydrogens (tertiary/aromatic N) is 11. The maximum atomic E-state index is 15.3. The molecular formula is C47H70F2N14O16P2. The molecule has 4 aromatic heterocycles. The molecule has 3 unspecified atom stereocenters. The number of ether oxygens (including phenoxy) is 6. The number of guanidine groups is 1. The van der Waals surface area contributed by atoms with E-state index in [0.29, 0.717) is 12.1 Å². The van der Waals surface area contributed by atoms with Crippen LogP contribution in [0.1, 0.15) is 97.4 Å². The van der Waals surface area contributed by atoms with Crippen molar-refractivity contribution in [2.24, 2.45) is 4.99 Å². The van der Waals surface area contributed by atoms with Crippen molar-refractivity contribution in [3.05, 3.63) is 25.3 Å². The summed E-state index contributed by atoms with van der Waals surface area (Å²) in [5.74, 6) is -0.548. The fourth-order valence-electron chi connectivity index (χ4n) is 10.1. The molecule has 0 bridgehead atoms. The number of nitrogen functional groups attached to an aromatic ring is 1. The van der Waals surface area contributed by atoms with E-state index < -0.39 is 95.8 Å². The molecule has 6 fully saturated rings. The summed E-state index contributed by atoms with van der Waals surface area (Å²) in [7, 11) is -9.03. The third-order valence-electron chi connectivity index (χ3n) is 14.0. The van der Waals surface area contributed by atoms with Crippen LogP contribution in [-0.2, 0) is 61.0 Å². The minimum absolute atomic E-state index is 0.104. The molecule has 448 valence electrons. The van der Waals surface area contributed by atoms with Crippen LogP contribution in [0.4, 0.5) is 20.4 Å². The lowest BCUT2D eigenvalue weighted by atomic mass is 9.95. The third kappa shape index (κ3) is 16.4. The van der Waals surface area contributed by atoms with E-state index in [-0.39, 0.29) is 60.3 Å². The highest BCUT2D eigenvalue weighted by Gasteiger charge is 2.51. The number of morpholine rings is 2. The van der Waals surface area contributed by atoms with Crippen LogP contribution in [-0.4, -0.2) is 202 Å². The van der Waals surface area contributed by atoms with Gasteiger partial charge >= 0.3 is 27.5 Å². The number of nitrogens with two attached hydrogens (primary N) is 1. The molecule has 0 radical (unpaired) electrons. The van der Waals surface area contributed by atoms with Gasteiger partial charge in [0.05, 0.1) is 58.3 Å². The van der Waals surface area contributed by atoms with Crippen molar-refractivity contribution >= 4 is 73.3 Å². The normalized spacial score (nSPS) is 26.9. The summed E-state index contributed by atoms with van der Waals surface area (Å²) < 4.78 is 99.1. The molecule has 0 aromatic carbocycles. The zero-order valence-corrected chi connectivity index (χ0v) is 46.8. The minimum atomic E-state index is -4.86. The van der Waals surface area contributed by atoms with Crippen LogP contribution in [0.3, 0.4) is 0 Å². The highest BCUT2D eigenvalue weighted by atomic mass is 31.2. The number of aliphatic imine (C=N–C) groups is 1. The number of amides is 1. The summed E-state index contributed by atoms with van der Waals surface area (Å²) >= 11 is 0. The summed E-state index contributed by atoms with van der Waals surface area (Å²) in [6.45, 7) is 6.92. The Labute approximate surface area is 464 Å². The van der Waals surface area contributed by atoms with Gasteiger partial charge in [-0.2, -0.15) is 0 Å². The largest absolute Gasteiger partial charge is 0.469 e. The Morgan fingerprint density at radius 1 is 0.704 bits per heavy atom. The highest BCUT2D eigenvalue weighted by Crippen LogP contribution is 2.48. The van der Waals surface area contributed by atoms with Gasteiger partial charge in [-0.05, 0) is 25.7 Å². The van der Waals surface area contributed by atoms with E-state index in [0.717, 1.165) is 46.5 Å². The predicted octanol–water partition coefficient (Wildman–Crippen LogP) is 3.02. The molecule has 8 heterocycles. The Hall–Kier alpha value is -5.50. The van der Waals surface area contributed by atoms with Gasteiger partial charge in [0.25, 0.3) is 0 Å². The second kappa shape index (κ2) is 28.2. The zero-order valence-electron chi connectivity index (χ0n) is 45.0. The van der Waals surface area contributed by atoms with Gasteiger partial charge in [0.2, 0.25) is 5.91 Å². The van der Waals surface area contributed by atoms with Crippen molar-refractivity contribution in [2.45, 2.75) is 146 Å². The van der Waals surface area contributed by atoms with Crippen molar-refractivity contribution in [1.82, 2.24) is 53.9 Å². The number of fused-ring (bicyclic) bond motifs is 2. The second-order valence-corrected chi connectivity index (χ2v) is 23.0. The number of hydrogen-bond donors (Lipinski definition) is 6. The molecule has 4 aromatic rings. The van der Waals surface area contributed by atoms with Gasteiger partial charge in [-0.3, -0.25) is 32.6 Å². The number of carbonyl (C=O) groups excluding carboxylic acids is 3. The van der Waals surface area contributed by atoms with Crippen molar-refractivity contribution < 1.29 is 84.4 Å². The first-order chi connectivity index (χ1) is 38.8. The van der Waals surface area contributed by atoms with Crippen LogP contribution in [0, 0.1) is 0 Å². The number of esters is 2. The fraction of sp³-hybridized carbons (Fsp3) is 0.702. The Bertz CT molecular complexity index is 2880. The molecule has 9 atom stereocenters. The van der Waals surface area contributed by atoms with Crippen LogP contribution in [0.2, 0.25) is 0 Å². The first-order valence-corrected chi connectivity index (χ1v) is 29.8. The monoisotopic (exact) mass is 1190 g/mol. The van der Waals surface area contributed by atoms with E-state index in [1.165, 1.54) is 110 Å². The number of hydrogen-bond acceptors (Lipinski definition) is 21. The molecule has 34 heteroatoms. The van der Waals surface area contributed by atoms with E-state index in [9.17, 15) is 28.4 Å². The van der Waals surface area contributed by atoms with Crippen molar-refractivity contribution in [3.63, 3.8) is 0 Å². The molecule has 4 saturated heterocycles. The molecular weight excluding hydrogens is 1120 g/mol. The maximum Gasteiger partial charge on any atom is 0.469 e. The number of rotatable bonds is 14. The van der Waals surface area contributed by atoms with E-state index >= 15 is 8.78 Å². The van der Waals surface area contributed by atoms with Crippen LogP contribution in [0.15, 0.2) is 30.3 Å². The predicted molar refractivity (Wildman–Crippen MR) is 281 cm³/mol. The zero-order chi connectivity index (χ0) is 57.8. The lowest BCUT2D eigenvalue weighted by Gasteiger charge is -2.34. The number of carbonyl (C=O) groups is 3. The number of phosphoric acid groups is 1. The van der Waals surface area contributed by atoms with Crippen LogP contribution in [0.25, 0.3) is 22.3 Å². The molecule has 81 heavy (non-hydrogen) atoms. The highest BCUT2D eigenvalue weighted by molar-refractivity contribution is 7.50. The summed E-state index contributed by atoms with van der Waals surface area (Å²) in [6, 6.07) is 1.19. The van der Waals surface area contributed by atoms with Gasteiger partial charge < -0.3 is 64.4 Å². The molecule has 30 nitrogen and oxygen atoms in total. The van der Waals surface area contributed by atoms with Gasteiger partial charge in [-0.15, -0.1) is 0 Å². The number of anilines is 2. The lowest BCUT2D eigenvalue weighted by Crippen LogP contribution is -2.51. The fourth-order valence-corrected chi connectivity index (χ4v) is 11.7. The van der Waals surface area contributed by atoms with Crippen molar-refractivity contribution in [3.8, 4) is 0 Å². The minimum Gasteiger partial charge on any atom is -0.456 e. The molecule has 7 N–H and O–H groups in total. The Morgan fingerprint density at radius 3 is 1.75 bits per heavy atom. The van der Waals surface area contributed by atoms with Crippen LogP contribution in [0.5, 0.6) is 0 Å². The Kier molecular flexibility index (Phi) is 21.4. The standard InChI is InChI=1S/C17H31N3O.C16H22FN6O7P.C14H17FN5O8P/c1-3-7-15(8-4-1)18-17(20-11-13-21-14-12-20)19-16-9-5-2-6-10-16;1-9(24)29-13-10(6-28-31(25,26)22-2-4-27-5-3-22)30-16(11(13)17)23-8-21-12-14(18)19-7-20-15(12)23;1-6(21)19-12-10-13(17-4-16-12)20(5-18-10)14-9(15)11(27-7(2)22)8(28-14)3-26-29(23,24)25/h15-16H,1-14H2,(H,18,19);7-8,10-11,13,16H,2-6H2,1H3,(H,25,26)(H2,18,19,20);4-5,8-9,11,14H,3H2,1-2H3,(H2,23,24,25)(H,16,17,19,21)/t;10-,11+,13?,16-;8-,9+,11?,14-/m.11/s1. The number of phosphoric ester groups is 1. The van der Waals surface area contributed by atoms with E-state index in [1.807, 2.05) is 0 Å². The average molecular weight is 1190 g/mol. The molecule has 6 aliphatic rings. The maximum absolute atomic E-state index is 15.3. The topological polar surface area (TPSA) is 376 Å². The number of halogens is 2. The number of alkyl halides is 2. The van der Waals surface area contributed by atoms with Gasteiger partial charge in [0.1, 0.15) is 30.4 Å². The summed E-state index contributed by atoms with van der Waals surface area (Å²) in [6.07, 6.45) is 6.51. The van der Waals surface area contributed by atoms with E-state index in [4.69, 9.17) is 53.5 Å². The SMILES string of the molecule is C1CCC(N=C(NC2CCCCC2)N2CCOCC2)CC1.CC(=O)Nc1ncnc2c1ncn2[C@@H]1O[C@H](COP(=O)(O)O)C(OC(C)=O)[C@@H]1F.CC(=O)OC1[C@@H](COP(=O)(O)N2CCOCC2)O[C@@H](n2cnc3c(N)ncnc32)[C@H]1F. The van der Waals surface area contributed by atoms with E-state index in [2.05, 4.69) is 50.0 Å². The summed E-state index contributed by atoms with van der Waals surface area (Å²) in [5, 5.41) is 6.26. The first-order valence-electron chi connectivity index (χ1n) is 26.8. The number of aromatic nitrogens is 8. The van der Waals surface area contributed by atoms with Crippen LogP contribution >= 0.6 is 15.6 Å². The van der Waals surface area contributed by atoms with Crippen LogP contribution < -0.4 is 16.4 Å². The van der Waals surface area contributed by atoms with Gasteiger partial charge in [-0.1, -0.05) is 38.5 Å².